The Bertz CT molecular complexity index is 37.0. The maximum atomic E-state index is 8.00. The summed E-state index contributed by atoms with van der Waals surface area (Å²) in [5.74, 6) is 0. The molecular formula is C4H12N2O2. The Morgan fingerprint density at radius 1 is 1.50 bits per heavy atom. The maximum absolute atomic E-state index is 8.00. The summed E-state index contributed by atoms with van der Waals surface area (Å²) in [5.41, 5.74) is 7.06. The van der Waals surface area contributed by atoms with Gasteiger partial charge >= 0.3 is 0 Å². The summed E-state index contributed by atoms with van der Waals surface area (Å²) >= 11 is 0. The molecule has 0 fully saturated rings. The van der Waals surface area contributed by atoms with Gasteiger partial charge in [0.25, 0.3) is 0 Å². The fourth-order valence-electron chi connectivity index (χ4n) is 0.303. The van der Waals surface area contributed by atoms with Gasteiger partial charge in [0.1, 0.15) is 0 Å². The number of rotatable bonds is 5. The third kappa shape index (κ3) is 5.84. The molecule has 0 aromatic heterocycles. The van der Waals surface area contributed by atoms with E-state index in [9.17, 15) is 0 Å². The Morgan fingerprint density at radius 2 is 2.25 bits per heavy atom. The lowest BCUT2D eigenvalue weighted by Crippen LogP contribution is -2.17. The van der Waals surface area contributed by atoms with Gasteiger partial charge in [-0.3, -0.25) is 0 Å². The molecule has 4 N–H and O–H groups in total. The number of nitrogens with one attached hydrogen (secondary N) is 1. The van der Waals surface area contributed by atoms with E-state index in [4.69, 9.17) is 15.7 Å². The van der Waals surface area contributed by atoms with Gasteiger partial charge in [0, 0.05) is 13.1 Å². The Balaban J connectivity index is 2.53. The second-order valence-electron chi connectivity index (χ2n) is 1.31. The second-order valence-corrected chi connectivity index (χ2v) is 1.31. The molecule has 0 aliphatic carbocycles. The van der Waals surface area contributed by atoms with Crippen LogP contribution in [0.4, 0.5) is 0 Å². The van der Waals surface area contributed by atoms with E-state index in [2.05, 4.69) is 0 Å². The van der Waals surface area contributed by atoms with Gasteiger partial charge in [-0.2, -0.15) is 0 Å². The Morgan fingerprint density at radius 3 is 2.75 bits per heavy atom. The highest BCUT2D eigenvalue weighted by Crippen LogP contribution is 1.67. The summed E-state index contributed by atoms with van der Waals surface area (Å²) in [5, 5.41) is 8.00. The van der Waals surface area contributed by atoms with Crippen LogP contribution < -0.4 is 11.2 Å². The van der Waals surface area contributed by atoms with Crippen LogP contribution in [0.3, 0.4) is 0 Å². The van der Waals surface area contributed by atoms with Crippen LogP contribution >= 0.6 is 0 Å². The van der Waals surface area contributed by atoms with Gasteiger partial charge in [0.2, 0.25) is 0 Å². The van der Waals surface area contributed by atoms with Crippen molar-refractivity contribution >= 4 is 0 Å². The van der Waals surface area contributed by atoms with Crippen LogP contribution in [0.1, 0.15) is 0 Å². The second kappa shape index (κ2) is 6.84. The zero-order chi connectivity index (χ0) is 6.24. The minimum absolute atomic E-state index is 0.458. The van der Waals surface area contributed by atoms with Gasteiger partial charge < -0.3 is 15.7 Å². The van der Waals surface area contributed by atoms with E-state index >= 15 is 0 Å². The van der Waals surface area contributed by atoms with Gasteiger partial charge in [0.05, 0.1) is 13.2 Å². The first-order valence-corrected chi connectivity index (χ1v) is 2.56. The van der Waals surface area contributed by atoms with Crippen molar-refractivity contribution in [3.63, 3.8) is 0 Å². The molecule has 0 aromatic rings. The van der Waals surface area contributed by atoms with Gasteiger partial charge in [-0.25, -0.2) is 5.48 Å². The van der Waals surface area contributed by atoms with E-state index in [1.54, 1.807) is 0 Å². The maximum Gasteiger partial charge on any atom is 0.0614 e. The van der Waals surface area contributed by atoms with Crippen molar-refractivity contribution in [3.05, 3.63) is 0 Å². The molecule has 0 saturated heterocycles. The van der Waals surface area contributed by atoms with Crippen molar-refractivity contribution in [1.82, 2.24) is 5.48 Å². The number of ether oxygens (including phenoxy) is 1. The quantitative estimate of drug-likeness (QED) is 0.319. The molecule has 0 rings (SSSR count). The zero-order valence-electron chi connectivity index (χ0n) is 4.76. The molecule has 0 bridgehead atoms. The molecule has 50 valence electrons. The van der Waals surface area contributed by atoms with Crippen LogP contribution in [0.15, 0.2) is 0 Å². The monoisotopic (exact) mass is 120 g/mol. The number of nitrogens with two attached hydrogens (primary N) is 1. The van der Waals surface area contributed by atoms with E-state index in [0.717, 1.165) is 0 Å². The molecule has 4 heteroatoms. The summed E-state index contributed by atoms with van der Waals surface area (Å²) in [4.78, 5) is 0. The summed E-state index contributed by atoms with van der Waals surface area (Å²) in [6.45, 7) is 2.06. The predicted molar refractivity (Wildman–Crippen MR) is 29.7 cm³/mol. The average molecular weight is 120 g/mol. The smallest absolute Gasteiger partial charge is 0.0614 e. The van der Waals surface area contributed by atoms with E-state index in [0.29, 0.717) is 26.3 Å². The lowest BCUT2D eigenvalue weighted by molar-refractivity contribution is 0.0944. The van der Waals surface area contributed by atoms with Crippen molar-refractivity contribution in [2.24, 2.45) is 5.73 Å². The molecule has 0 spiro atoms. The first-order valence-electron chi connectivity index (χ1n) is 2.56. The molecule has 4 nitrogen and oxygen atoms in total. The minimum atomic E-state index is 0.458. The third-order valence-corrected chi connectivity index (χ3v) is 0.620. The van der Waals surface area contributed by atoms with Crippen molar-refractivity contribution < 1.29 is 9.94 Å². The van der Waals surface area contributed by atoms with Crippen molar-refractivity contribution in [1.29, 1.82) is 0 Å². The predicted octanol–water partition coefficient (Wildman–Crippen LogP) is -1.06. The zero-order valence-corrected chi connectivity index (χ0v) is 4.76. The molecule has 0 radical (unpaired) electrons. The molecule has 0 saturated carbocycles. The number of hydrogen-bond acceptors (Lipinski definition) is 4. The highest BCUT2D eigenvalue weighted by Gasteiger charge is 1.81. The SMILES string of the molecule is NCCOCCNO. The van der Waals surface area contributed by atoms with Crippen LogP contribution in [-0.2, 0) is 4.74 Å². The summed E-state index contributed by atoms with van der Waals surface area (Å²) < 4.78 is 4.88. The molecule has 8 heavy (non-hydrogen) atoms. The summed E-state index contributed by atoms with van der Waals surface area (Å²) in [6.07, 6.45) is 0. The topological polar surface area (TPSA) is 67.5 Å². The Labute approximate surface area is 48.6 Å². The lowest BCUT2D eigenvalue weighted by Gasteiger charge is -1.98. The van der Waals surface area contributed by atoms with Crippen molar-refractivity contribution in [2.75, 3.05) is 26.3 Å². The van der Waals surface area contributed by atoms with Gasteiger partial charge in [-0.1, -0.05) is 0 Å². The van der Waals surface area contributed by atoms with E-state index in [-0.39, 0.29) is 0 Å². The van der Waals surface area contributed by atoms with E-state index < -0.39 is 0 Å². The standard InChI is InChI=1S/C4H12N2O2/c5-1-3-8-4-2-6-7/h6-7H,1-5H2. The van der Waals surface area contributed by atoms with Crippen molar-refractivity contribution in [2.45, 2.75) is 0 Å². The summed E-state index contributed by atoms with van der Waals surface area (Å²) in [6, 6.07) is 0. The fraction of sp³-hybridized carbons (Fsp3) is 1.00. The molecule has 0 aromatic carbocycles. The largest absolute Gasteiger partial charge is 0.379 e. The van der Waals surface area contributed by atoms with Crippen molar-refractivity contribution in [3.8, 4) is 0 Å². The first-order chi connectivity index (χ1) is 3.91. The fourth-order valence-corrected chi connectivity index (χ4v) is 0.303. The lowest BCUT2D eigenvalue weighted by atomic mass is 10.7. The van der Waals surface area contributed by atoms with Crippen LogP contribution in [0.5, 0.6) is 0 Å². The van der Waals surface area contributed by atoms with E-state index in [1.165, 1.54) is 0 Å². The highest BCUT2D eigenvalue weighted by molar-refractivity contribution is 4.32. The molecule has 0 atom stereocenters. The first kappa shape index (κ1) is 7.84. The molecule has 0 heterocycles. The van der Waals surface area contributed by atoms with Gasteiger partial charge in [0.15, 0.2) is 0 Å². The van der Waals surface area contributed by atoms with Crippen LogP contribution in [0.2, 0.25) is 0 Å². The summed E-state index contributed by atoms with van der Waals surface area (Å²) in [7, 11) is 0. The minimum Gasteiger partial charge on any atom is -0.379 e. The van der Waals surface area contributed by atoms with Crippen LogP contribution in [-0.4, -0.2) is 31.5 Å². The highest BCUT2D eigenvalue weighted by atomic mass is 16.5. The average Bonchev–Trinajstić information content (AvgIpc) is 1.81. The Hall–Kier alpha value is -0.160. The molecule has 0 aliphatic rings. The molecule has 0 unspecified atom stereocenters. The number of hydroxylamine groups is 1. The molecular weight excluding hydrogens is 108 g/mol. The normalized spacial score (nSPS) is 9.75. The van der Waals surface area contributed by atoms with Crippen LogP contribution in [0, 0.1) is 0 Å². The molecule has 0 aliphatic heterocycles. The number of hydrogen-bond donors (Lipinski definition) is 3. The third-order valence-electron chi connectivity index (χ3n) is 0.620. The Kier molecular flexibility index (Phi) is 6.70. The van der Waals surface area contributed by atoms with Gasteiger partial charge in [-0.05, 0) is 0 Å². The van der Waals surface area contributed by atoms with Crippen LogP contribution in [0.25, 0.3) is 0 Å². The van der Waals surface area contributed by atoms with E-state index in [1.807, 2.05) is 5.48 Å². The molecule has 0 amide bonds. The van der Waals surface area contributed by atoms with Gasteiger partial charge in [-0.15, -0.1) is 0 Å².